The van der Waals surface area contributed by atoms with E-state index in [0.717, 1.165) is 18.5 Å². The number of benzene rings is 2. The van der Waals surface area contributed by atoms with Gasteiger partial charge in [0.1, 0.15) is 5.82 Å². The van der Waals surface area contributed by atoms with Gasteiger partial charge in [-0.15, -0.1) is 0 Å². The van der Waals surface area contributed by atoms with E-state index in [9.17, 15) is 14.0 Å². The van der Waals surface area contributed by atoms with Crippen LogP contribution in [0, 0.1) is 18.2 Å². The molecule has 0 radical (unpaired) electrons. The number of hydrogen-bond acceptors (Lipinski definition) is 2. The minimum absolute atomic E-state index is 0.156. The third kappa shape index (κ3) is 3.53. The van der Waals surface area contributed by atoms with Crippen molar-refractivity contribution >= 4 is 11.8 Å². The van der Waals surface area contributed by atoms with Crippen LogP contribution in [0.25, 0.3) is 0 Å². The third-order valence-electron chi connectivity index (χ3n) is 6.14. The monoisotopic (exact) mass is 380 g/mol. The lowest BCUT2D eigenvalue weighted by atomic mass is 9.77. The van der Waals surface area contributed by atoms with Crippen LogP contribution < -0.4 is 0 Å². The summed E-state index contributed by atoms with van der Waals surface area (Å²) < 4.78 is 13.4. The molecule has 2 amide bonds. The Balaban J connectivity index is 1.40. The molecule has 4 nitrogen and oxygen atoms in total. The second-order valence-electron chi connectivity index (χ2n) is 8.05. The highest BCUT2D eigenvalue weighted by molar-refractivity contribution is 5.94. The zero-order valence-electron chi connectivity index (χ0n) is 16.2. The first kappa shape index (κ1) is 18.7. The van der Waals surface area contributed by atoms with E-state index in [-0.39, 0.29) is 17.2 Å². The molecule has 146 valence electrons. The fourth-order valence-corrected chi connectivity index (χ4v) is 4.48. The number of hydrogen-bond donors (Lipinski definition) is 0. The number of rotatable bonds is 3. The fourth-order valence-electron chi connectivity index (χ4n) is 4.48. The highest BCUT2D eigenvalue weighted by Gasteiger charge is 2.48. The Kier molecular flexibility index (Phi) is 4.92. The molecule has 0 aromatic heterocycles. The second kappa shape index (κ2) is 7.38. The highest BCUT2D eigenvalue weighted by atomic mass is 19.1. The Labute approximate surface area is 164 Å². The van der Waals surface area contributed by atoms with E-state index in [4.69, 9.17) is 0 Å². The summed E-state index contributed by atoms with van der Waals surface area (Å²) in [5.74, 6) is -0.347. The van der Waals surface area contributed by atoms with E-state index in [0.29, 0.717) is 38.0 Å². The summed E-state index contributed by atoms with van der Waals surface area (Å²) >= 11 is 0. The molecule has 5 heteroatoms. The molecule has 0 saturated carbocycles. The van der Waals surface area contributed by atoms with Gasteiger partial charge in [0.2, 0.25) is 5.91 Å². The quantitative estimate of drug-likeness (QED) is 0.813. The molecular weight excluding hydrogens is 355 g/mol. The average molecular weight is 380 g/mol. The van der Waals surface area contributed by atoms with Crippen LogP contribution >= 0.6 is 0 Å². The molecular formula is C23H25FN2O2. The van der Waals surface area contributed by atoms with Gasteiger partial charge in [0, 0.05) is 31.7 Å². The SMILES string of the molecule is Cc1cccc(CN2CCC3(CCN(C(=O)c4cccc(F)c4)CC3)C2=O)c1. The predicted octanol–water partition coefficient (Wildman–Crippen LogP) is 3.79. The van der Waals surface area contributed by atoms with Crippen LogP contribution in [0.2, 0.25) is 0 Å². The molecule has 2 aliphatic rings. The Morgan fingerprint density at radius 3 is 2.46 bits per heavy atom. The van der Waals surface area contributed by atoms with Crippen LogP contribution in [-0.4, -0.2) is 41.2 Å². The zero-order chi connectivity index (χ0) is 19.7. The molecule has 0 unspecified atom stereocenters. The molecule has 0 atom stereocenters. The topological polar surface area (TPSA) is 40.6 Å². The van der Waals surface area contributed by atoms with Gasteiger partial charge in [-0.05, 0) is 49.9 Å². The van der Waals surface area contributed by atoms with Crippen molar-refractivity contribution in [2.45, 2.75) is 32.7 Å². The number of nitrogens with zero attached hydrogens (tertiary/aromatic N) is 2. The van der Waals surface area contributed by atoms with Crippen molar-refractivity contribution in [3.05, 3.63) is 71.0 Å². The average Bonchev–Trinajstić information content (AvgIpc) is 2.98. The van der Waals surface area contributed by atoms with Crippen LogP contribution in [-0.2, 0) is 11.3 Å². The molecule has 2 fully saturated rings. The van der Waals surface area contributed by atoms with Gasteiger partial charge in [0.05, 0.1) is 5.41 Å². The lowest BCUT2D eigenvalue weighted by Crippen LogP contribution is -2.46. The molecule has 2 aliphatic heterocycles. The number of halogens is 1. The lowest BCUT2D eigenvalue weighted by molar-refractivity contribution is -0.138. The van der Waals surface area contributed by atoms with Crippen LogP contribution in [0.5, 0.6) is 0 Å². The molecule has 2 aromatic rings. The summed E-state index contributed by atoms with van der Waals surface area (Å²) in [6.07, 6.45) is 2.20. The van der Waals surface area contributed by atoms with Gasteiger partial charge in [0.25, 0.3) is 5.91 Å². The smallest absolute Gasteiger partial charge is 0.253 e. The molecule has 2 aromatic carbocycles. The maximum Gasteiger partial charge on any atom is 0.253 e. The Hall–Kier alpha value is -2.69. The summed E-state index contributed by atoms with van der Waals surface area (Å²) in [5, 5.41) is 0. The first-order valence-corrected chi connectivity index (χ1v) is 9.87. The zero-order valence-corrected chi connectivity index (χ0v) is 16.2. The molecule has 0 aliphatic carbocycles. The van der Waals surface area contributed by atoms with E-state index in [1.165, 1.54) is 17.7 Å². The van der Waals surface area contributed by atoms with Crippen LogP contribution in [0.3, 0.4) is 0 Å². The van der Waals surface area contributed by atoms with Crippen molar-refractivity contribution in [3.63, 3.8) is 0 Å². The van der Waals surface area contributed by atoms with Crippen molar-refractivity contribution in [1.82, 2.24) is 9.80 Å². The van der Waals surface area contributed by atoms with Gasteiger partial charge >= 0.3 is 0 Å². The number of amides is 2. The summed E-state index contributed by atoms with van der Waals surface area (Å²) in [5.41, 5.74) is 2.38. The number of carbonyl (C=O) groups is 2. The predicted molar refractivity (Wildman–Crippen MR) is 105 cm³/mol. The van der Waals surface area contributed by atoms with Crippen LogP contribution in [0.4, 0.5) is 4.39 Å². The molecule has 28 heavy (non-hydrogen) atoms. The van der Waals surface area contributed by atoms with E-state index < -0.39 is 5.82 Å². The number of aryl methyl sites for hydroxylation is 1. The molecule has 2 heterocycles. The van der Waals surface area contributed by atoms with Crippen LogP contribution in [0.1, 0.15) is 40.7 Å². The summed E-state index contributed by atoms with van der Waals surface area (Å²) in [7, 11) is 0. The Morgan fingerprint density at radius 1 is 1.04 bits per heavy atom. The van der Waals surface area contributed by atoms with E-state index in [1.807, 2.05) is 11.0 Å². The van der Waals surface area contributed by atoms with Crippen molar-refractivity contribution < 1.29 is 14.0 Å². The number of likely N-dealkylation sites (tertiary alicyclic amines) is 2. The molecule has 2 saturated heterocycles. The standard InChI is InChI=1S/C23H25FN2O2/c1-17-4-2-5-18(14-17)16-26-13-10-23(22(26)28)8-11-25(12-9-23)21(27)19-6-3-7-20(24)15-19/h2-7,14-15H,8-13,16H2,1H3. The minimum atomic E-state index is -0.405. The van der Waals surface area contributed by atoms with Crippen molar-refractivity contribution in [2.24, 2.45) is 5.41 Å². The molecule has 4 rings (SSSR count). The van der Waals surface area contributed by atoms with Gasteiger partial charge in [-0.1, -0.05) is 35.9 Å². The Morgan fingerprint density at radius 2 is 1.75 bits per heavy atom. The van der Waals surface area contributed by atoms with E-state index in [1.54, 1.807) is 17.0 Å². The minimum Gasteiger partial charge on any atom is -0.339 e. The molecule has 1 spiro atoms. The largest absolute Gasteiger partial charge is 0.339 e. The van der Waals surface area contributed by atoms with Crippen molar-refractivity contribution in [2.75, 3.05) is 19.6 Å². The van der Waals surface area contributed by atoms with Crippen LogP contribution in [0.15, 0.2) is 48.5 Å². The highest BCUT2D eigenvalue weighted by Crippen LogP contribution is 2.42. The lowest BCUT2D eigenvalue weighted by Gasteiger charge is -2.38. The second-order valence-corrected chi connectivity index (χ2v) is 8.05. The number of piperidine rings is 1. The summed E-state index contributed by atoms with van der Waals surface area (Å²) in [4.78, 5) is 29.5. The van der Waals surface area contributed by atoms with Gasteiger partial charge in [-0.2, -0.15) is 0 Å². The summed E-state index contributed by atoms with van der Waals surface area (Å²) in [6.45, 7) is 4.56. The molecule has 0 bridgehead atoms. The first-order valence-electron chi connectivity index (χ1n) is 9.87. The maximum absolute atomic E-state index is 13.4. The molecule has 0 N–H and O–H groups in total. The van der Waals surface area contributed by atoms with Gasteiger partial charge in [0.15, 0.2) is 0 Å². The fraction of sp³-hybridized carbons (Fsp3) is 0.391. The number of carbonyl (C=O) groups excluding carboxylic acids is 2. The van der Waals surface area contributed by atoms with Crippen molar-refractivity contribution in [1.29, 1.82) is 0 Å². The van der Waals surface area contributed by atoms with Gasteiger partial charge in [-0.3, -0.25) is 9.59 Å². The third-order valence-corrected chi connectivity index (χ3v) is 6.14. The van der Waals surface area contributed by atoms with Crippen molar-refractivity contribution in [3.8, 4) is 0 Å². The Bertz CT molecular complexity index is 903. The van der Waals surface area contributed by atoms with E-state index in [2.05, 4.69) is 25.1 Å². The normalized spacial score (nSPS) is 18.7. The van der Waals surface area contributed by atoms with Gasteiger partial charge in [-0.25, -0.2) is 4.39 Å². The van der Waals surface area contributed by atoms with Gasteiger partial charge < -0.3 is 9.80 Å². The maximum atomic E-state index is 13.4. The summed E-state index contributed by atoms with van der Waals surface area (Å²) in [6, 6.07) is 14.1. The first-order chi connectivity index (χ1) is 13.5. The van der Waals surface area contributed by atoms with E-state index >= 15 is 0 Å².